The summed E-state index contributed by atoms with van der Waals surface area (Å²) in [6.45, 7) is 5.21. The van der Waals surface area contributed by atoms with E-state index in [-0.39, 0.29) is 12.2 Å². The molecule has 150 valence electrons. The van der Waals surface area contributed by atoms with Gasteiger partial charge in [-0.1, -0.05) is 42.5 Å². The molecule has 3 aromatic rings. The van der Waals surface area contributed by atoms with E-state index in [1.165, 1.54) is 0 Å². The van der Waals surface area contributed by atoms with Crippen molar-refractivity contribution < 1.29 is 26.3 Å². The van der Waals surface area contributed by atoms with Crippen LogP contribution in [-0.2, 0) is 12.7 Å². The van der Waals surface area contributed by atoms with Gasteiger partial charge in [0.25, 0.3) is 0 Å². The third kappa shape index (κ3) is 4.99. The molecule has 0 N–H and O–H groups in total. The third-order valence-corrected chi connectivity index (χ3v) is 4.33. The minimum atomic E-state index is -4.84. The standard InChI is InChI=1S/C21H14F6N2/c1-28-19-9-8-17(11-18(19)21(25,26)27)29(13-20(22,23)24)12-14-6-7-15-4-2-3-5-16(15)10-14/h2-11H,12-13H2. The van der Waals surface area contributed by atoms with Crippen LogP contribution in [0.1, 0.15) is 11.1 Å². The molecule has 8 heteroatoms. The lowest BCUT2D eigenvalue weighted by atomic mass is 10.1. The maximum Gasteiger partial charge on any atom is 0.407 e. The molecule has 29 heavy (non-hydrogen) atoms. The number of halogens is 6. The Morgan fingerprint density at radius 2 is 1.52 bits per heavy atom. The molecule has 3 aromatic carbocycles. The fourth-order valence-electron chi connectivity index (χ4n) is 3.06. The molecule has 0 aliphatic heterocycles. The second kappa shape index (κ2) is 7.66. The van der Waals surface area contributed by atoms with Crippen molar-refractivity contribution in [2.24, 2.45) is 0 Å². The lowest BCUT2D eigenvalue weighted by Crippen LogP contribution is -2.34. The van der Waals surface area contributed by atoms with Gasteiger partial charge in [-0.05, 0) is 34.5 Å². The molecule has 0 aliphatic rings. The summed E-state index contributed by atoms with van der Waals surface area (Å²) in [6, 6.07) is 15.0. The zero-order chi connectivity index (χ0) is 21.2. The van der Waals surface area contributed by atoms with E-state index in [2.05, 4.69) is 4.85 Å². The molecule has 0 radical (unpaired) electrons. The minimum absolute atomic E-state index is 0.237. The number of fused-ring (bicyclic) bond motifs is 1. The van der Waals surface area contributed by atoms with Crippen LogP contribution < -0.4 is 4.90 Å². The monoisotopic (exact) mass is 408 g/mol. The van der Waals surface area contributed by atoms with Gasteiger partial charge < -0.3 is 4.90 Å². The second-order valence-corrected chi connectivity index (χ2v) is 6.46. The predicted molar refractivity (Wildman–Crippen MR) is 98.8 cm³/mol. The Hall–Kier alpha value is -3.21. The molecule has 0 heterocycles. The van der Waals surface area contributed by atoms with E-state index in [4.69, 9.17) is 6.57 Å². The van der Waals surface area contributed by atoms with Gasteiger partial charge in [-0.3, -0.25) is 0 Å². The first-order valence-electron chi connectivity index (χ1n) is 8.45. The van der Waals surface area contributed by atoms with Crippen LogP contribution in [0, 0.1) is 6.57 Å². The summed E-state index contributed by atoms with van der Waals surface area (Å²) in [6.07, 6.45) is -9.46. The van der Waals surface area contributed by atoms with E-state index in [0.717, 1.165) is 27.8 Å². The van der Waals surface area contributed by atoms with Gasteiger partial charge in [-0.15, -0.1) is 0 Å². The average molecular weight is 408 g/mol. The molecule has 0 spiro atoms. The molecule has 0 aliphatic carbocycles. The summed E-state index contributed by atoms with van der Waals surface area (Å²) in [5.74, 6) is 0. The first-order valence-corrected chi connectivity index (χ1v) is 8.45. The number of benzene rings is 3. The number of rotatable bonds is 4. The zero-order valence-corrected chi connectivity index (χ0v) is 14.8. The highest BCUT2D eigenvalue weighted by molar-refractivity contribution is 5.83. The number of nitrogens with zero attached hydrogens (tertiary/aromatic N) is 2. The minimum Gasteiger partial charge on any atom is -0.358 e. The Bertz CT molecular complexity index is 1060. The SMILES string of the molecule is [C-]#[N+]c1ccc(N(Cc2ccc3ccccc3c2)CC(F)(F)F)cc1C(F)(F)F. The lowest BCUT2D eigenvalue weighted by Gasteiger charge is -2.27. The van der Waals surface area contributed by atoms with Crippen molar-refractivity contribution >= 4 is 22.1 Å². The Labute approximate surface area is 162 Å². The molecule has 0 aromatic heterocycles. The Morgan fingerprint density at radius 1 is 0.828 bits per heavy atom. The van der Waals surface area contributed by atoms with Gasteiger partial charge in [0.1, 0.15) is 6.54 Å². The molecule has 0 atom stereocenters. The van der Waals surface area contributed by atoms with Crippen LogP contribution in [0.2, 0.25) is 0 Å². The molecular formula is C21H14F6N2. The Kier molecular flexibility index (Phi) is 5.42. The summed E-state index contributed by atoms with van der Waals surface area (Å²) in [5, 5.41) is 1.72. The molecule has 0 bridgehead atoms. The van der Waals surface area contributed by atoms with Crippen LogP contribution in [-0.4, -0.2) is 12.7 Å². The van der Waals surface area contributed by atoms with Gasteiger partial charge >= 0.3 is 12.4 Å². The average Bonchev–Trinajstić information content (AvgIpc) is 2.65. The van der Waals surface area contributed by atoms with E-state index in [0.29, 0.717) is 11.6 Å². The predicted octanol–water partition coefficient (Wildman–Crippen LogP) is 6.98. The normalized spacial score (nSPS) is 12.0. The summed E-state index contributed by atoms with van der Waals surface area (Å²) in [5.41, 5.74) is -1.64. The largest absolute Gasteiger partial charge is 0.407 e. The number of alkyl halides is 6. The molecule has 0 saturated carbocycles. The van der Waals surface area contributed by atoms with E-state index < -0.39 is 30.1 Å². The summed E-state index contributed by atoms with van der Waals surface area (Å²) >= 11 is 0. The number of anilines is 1. The van der Waals surface area contributed by atoms with E-state index >= 15 is 0 Å². The van der Waals surface area contributed by atoms with Gasteiger partial charge in [0.2, 0.25) is 0 Å². The van der Waals surface area contributed by atoms with Crippen LogP contribution in [0.4, 0.5) is 37.7 Å². The van der Waals surface area contributed by atoms with Gasteiger partial charge in [0.05, 0.1) is 12.1 Å². The number of hydrogen-bond acceptors (Lipinski definition) is 1. The summed E-state index contributed by atoms with van der Waals surface area (Å²) in [7, 11) is 0. The van der Waals surface area contributed by atoms with Crippen molar-refractivity contribution in [2.75, 3.05) is 11.4 Å². The second-order valence-electron chi connectivity index (χ2n) is 6.46. The van der Waals surface area contributed by atoms with Crippen molar-refractivity contribution in [3.8, 4) is 0 Å². The van der Waals surface area contributed by atoms with Gasteiger partial charge in [-0.25, -0.2) is 4.85 Å². The maximum absolute atomic E-state index is 13.2. The lowest BCUT2D eigenvalue weighted by molar-refractivity contribution is -0.136. The van der Waals surface area contributed by atoms with Crippen molar-refractivity contribution in [1.82, 2.24) is 0 Å². The molecule has 3 rings (SSSR count). The molecule has 0 saturated heterocycles. The number of hydrogen-bond donors (Lipinski definition) is 0. The van der Waals surface area contributed by atoms with E-state index in [1.807, 2.05) is 12.1 Å². The van der Waals surface area contributed by atoms with Crippen LogP contribution in [0.3, 0.4) is 0 Å². The highest BCUT2D eigenvalue weighted by Gasteiger charge is 2.35. The fourth-order valence-corrected chi connectivity index (χ4v) is 3.06. The van der Waals surface area contributed by atoms with Crippen molar-refractivity contribution in [3.63, 3.8) is 0 Å². The molecule has 0 unspecified atom stereocenters. The Balaban J connectivity index is 2.02. The van der Waals surface area contributed by atoms with Crippen LogP contribution >= 0.6 is 0 Å². The van der Waals surface area contributed by atoms with Crippen LogP contribution in [0.25, 0.3) is 15.6 Å². The molecule has 0 amide bonds. The van der Waals surface area contributed by atoms with Crippen molar-refractivity contribution in [1.29, 1.82) is 0 Å². The third-order valence-electron chi connectivity index (χ3n) is 4.33. The topological polar surface area (TPSA) is 7.60 Å². The first kappa shape index (κ1) is 20.5. The zero-order valence-electron chi connectivity index (χ0n) is 14.8. The highest BCUT2D eigenvalue weighted by atomic mass is 19.4. The van der Waals surface area contributed by atoms with Crippen molar-refractivity contribution in [2.45, 2.75) is 18.9 Å². The quantitative estimate of drug-likeness (QED) is 0.334. The first-order chi connectivity index (χ1) is 13.6. The van der Waals surface area contributed by atoms with Crippen molar-refractivity contribution in [3.05, 3.63) is 83.2 Å². The molecule has 2 nitrogen and oxygen atoms in total. The van der Waals surface area contributed by atoms with Crippen LogP contribution in [0.5, 0.6) is 0 Å². The fraction of sp³-hybridized carbons (Fsp3) is 0.190. The molecular weight excluding hydrogens is 394 g/mol. The highest BCUT2D eigenvalue weighted by Crippen LogP contribution is 2.39. The van der Waals surface area contributed by atoms with Gasteiger partial charge in [0.15, 0.2) is 5.69 Å². The van der Waals surface area contributed by atoms with Crippen LogP contribution in [0.15, 0.2) is 60.7 Å². The summed E-state index contributed by atoms with van der Waals surface area (Å²) in [4.78, 5) is 3.65. The van der Waals surface area contributed by atoms with Gasteiger partial charge in [-0.2, -0.15) is 26.3 Å². The summed E-state index contributed by atoms with van der Waals surface area (Å²) < 4.78 is 79.0. The molecule has 0 fully saturated rings. The van der Waals surface area contributed by atoms with E-state index in [9.17, 15) is 26.3 Å². The van der Waals surface area contributed by atoms with E-state index in [1.54, 1.807) is 30.3 Å². The Morgan fingerprint density at radius 3 is 2.14 bits per heavy atom. The maximum atomic E-state index is 13.2. The smallest absolute Gasteiger partial charge is 0.358 e. The van der Waals surface area contributed by atoms with Gasteiger partial charge in [0, 0.05) is 12.2 Å².